The highest BCUT2D eigenvalue weighted by Gasteiger charge is 2.31. The van der Waals surface area contributed by atoms with E-state index in [4.69, 9.17) is 94.6 Å². The molecule has 71 heavy (non-hydrogen) atoms. The fraction of sp³-hybridized carbons (Fsp3) is 0.556. The zero-order valence-corrected chi connectivity index (χ0v) is 44.4. The molecule has 0 fully saturated rings. The predicted molar refractivity (Wildman–Crippen MR) is 274 cm³/mol. The number of fused-ring (bicyclic) bond motifs is 15. The average molecular weight is 1030 g/mol. The maximum Gasteiger partial charge on any atom is 0.126 e. The summed E-state index contributed by atoms with van der Waals surface area (Å²) in [4.78, 5) is 0. The van der Waals surface area contributed by atoms with Gasteiger partial charge in [-0.2, -0.15) is 0 Å². The number of ether oxygens (including phenoxy) is 14. The molecular formula is C54H74Cl2O15. The smallest absolute Gasteiger partial charge is 0.126 e. The van der Waals surface area contributed by atoms with Crippen molar-refractivity contribution in [1.82, 2.24) is 0 Å². The van der Waals surface area contributed by atoms with Gasteiger partial charge in [-0.1, -0.05) is 27.7 Å². The van der Waals surface area contributed by atoms with Crippen LogP contribution in [0, 0.1) is 0 Å². The largest absolute Gasteiger partial charge is 0.496 e. The summed E-state index contributed by atoms with van der Waals surface area (Å²) in [5, 5.41) is 7.19. The molecule has 1 aliphatic carbocycles. The number of methoxy groups -OCH3 is 4. The van der Waals surface area contributed by atoms with E-state index < -0.39 is 0 Å². The molecule has 4 aromatic carbocycles. The molecule has 0 unspecified atom stereocenters. The zero-order chi connectivity index (χ0) is 51.1. The molecule has 8 rings (SSSR count). The normalized spacial score (nSPS) is 20.5. The van der Waals surface area contributed by atoms with Gasteiger partial charge in [-0.25, -0.2) is 0 Å². The van der Waals surface area contributed by atoms with Crippen molar-refractivity contribution in [2.75, 3.05) is 147 Å². The minimum Gasteiger partial charge on any atom is -0.496 e. The van der Waals surface area contributed by atoms with Gasteiger partial charge in [0.25, 0.3) is 0 Å². The van der Waals surface area contributed by atoms with Crippen molar-refractivity contribution in [3.05, 3.63) is 93.0 Å². The molecule has 0 aromatic heterocycles. The molecular weight excluding hydrogens is 959 g/mol. The minimum absolute atomic E-state index is 0.194. The fourth-order valence-corrected chi connectivity index (χ4v) is 8.89. The Labute approximate surface area is 430 Å². The van der Waals surface area contributed by atoms with E-state index in [1.807, 2.05) is 24.3 Å². The van der Waals surface area contributed by atoms with Crippen LogP contribution in [-0.2, 0) is 28.4 Å². The molecule has 0 radical (unpaired) electrons. The van der Waals surface area contributed by atoms with Crippen LogP contribution < -0.4 is 37.9 Å². The maximum atomic E-state index is 7.00. The number of hydrogen-bond donors (Lipinski definition) is 1. The Balaban J connectivity index is 0.00000181. The molecule has 15 nitrogen and oxygen atoms in total. The van der Waals surface area contributed by atoms with E-state index >= 15 is 0 Å². The molecule has 3 heterocycles. The first kappa shape index (κ1) is 57.5. The molecule has 4 aromatic rings. The summed E-state index contributed by atoms with van der Waals surface area (Å²) in [7, 11) is 7.76. The highest BCUT2D eigenvalue weighted by atomic mass is 35.5. The highest BCUT2D eigenvalue weighted by molar-refractivity contribution is 6.40. The monoisotopic (exact) mass is 1030 g/mol. The van der Waals surface area contributed by atoms with E-state index in [2.05, 4.69) is 52.0 Å². The van der Waals surface area contributed by atoms with Gasteiger partial charge in [0, 0.05) is 99.6 Å². The third-order valence-corrected chi connectivity index (χ3v) is 12.6. The Hall–Kier alpha value is -4.42. The summed E-state index contributed by atoms with van der Waals surface area (Å²) in [5.74, 6) is 4.41. The number of aliphatic hydroxyl groups excluding tert-OH is 1. The average Bonchev–Trinajstić information content (AvgIpc) is 3.39. The van der Waals surface area contributed by atoms with Crippen molar-refractivity contribution in [1.29, 1.82) is 0 Å². The lowest BCUT2D eigenvalue weighted by molar-refractivity contribution is 0.00484. The highest BCUT2D eigenvalue weighted by Crippen LogP contribution is 2.50. The van der Waals surface area contributed by atoms with Crippen LogP contribution in [0.2, 0.25) is 0 Å². The van der Waals surface area contributed by atoms with Crippen molar-refractivity contribution in [3.8, 4) is 46.0 Å². The first-order chi connectivity index (χ1) is 34.7. The quantitative estimate of drug-likeness (QED) is 0.153. The summed E-state index contributed by atoms with van der Waals surface area (Å²) < 4.78 is 86.6. The summed E-state index contributed by atoms with van der Waals surface area (Å²) >= 11 is 9.53. The van der Waals surface area contributed by atoms with Crippen molar-refractivity contribution in [3.63, 3.8) is 0 Å². The summed E-state index contributed by atoms with van der Waals surface area (Å²) in [6.45, 7) is 14.9. The Morgan fingerprint density at radius 1 is 0.338 bits per heavy atom. The molecule has 3 aliphatic heterocycles. The van der Waals surface area contributed by atoms with Gasteiger partial charge < -0.3 is 71.4 Å². The second-order valence-corrected chi connectivity index (χ2v) is 17.4. The first-order valence-electron chi connectivity index (χ1n) is 24.1. The van der Waals surface area contributed by atoms with E-state index in [1.165, 1.54) is 0 Å². The second kappa shape index (κ2) is 30.6. The molecule has 4 atom stereocenters. The van der Waals surface area contributed by atoms with Crippen LogP contribution >= 0.6 is 23.2 Å². The van der Waals surface area contributed by atoms with E-state index in [0.717, 1.165) is 51.6 Å². The van der Waals surface area contributed by atoms with Crippen LogP contribution in [0.3, 0.4) is 0 Å². The molecule has 0 amide bonds. The van der Waals surface area contributed by atoms with Crippen LogP contribution in [-0.4, -0.2) is 152 Å². The molecule has 1 N–H and O–H groups in total. The van der Waals surface area contributed by atoms with Crippen LogP contribution in [0.15, 0.2) is 48.5 Å². The van der Waals surface area contributed by atoms with Gasteiger partial charge in [0.2, 0.25) is 0 Å². The first-order valence-corrected chi connectivity index (χ1v) is 25.2. The van der Waals surface area contributed by atoms with E-state index in [1.54, 1.807) is 28.4 Å². The predicted octanol–water partition coefficient (Wildman–Crippen LogP) is 9.31. The SMILES string of the molecule is CO.COc1cc2c3cc1[C@@H](C)c1cc(c(OC)cc1OCCOCCOCCOCCO2)[C@@H](C)c1cc2c(OC)cc1OCCOCCOCCOCCOc1cc(OC)c(cc1[C@@H]2C)[C@H]3C.ClCCl. The van der Waals surface area contributed by atoms with Crippen LogP contribution in [0.1, 0.15) is 95.9 Å². The maximum absolute atomic E-state index is 7.00. The topological polar surface area (TPSA) is 149 Å². The van der Waals surface area contributed by atoms with E-state index in [9.17, 15) is 0 Å². The third-order valence-electron chi connectivity index (χ3n) is 12.6. The molecule has 0 spiro atoms. The van der Waals surface area contributed by atoms with Crippen LogP contribution in [0.5, 0.6) is 46.0 Å². The van der Waals surface area contributed by atoms with Gasteiger partial charge in [-0.3, -0.25) is 0 Å². The van der Waals surface area contributed by atoms with Crippen molar-refractivity contribution in [2.24, 2.45) is 0 Å². The number of benzene rings is 4. The van der Waals surface area contributed by atoms with Gasteiger partial charge in [0.15, 0.2) is 0 Å². The Morgan fingerprint density at radius 3 is 0.676 bits per heavy atom. The fourth-order valence-electron chi connectivity index (χ4n) is 8.89. The van der Waals surface area contributed by atoms with Crippen molar-refractivity contribution >= 4 is 23.2 Å². The van der Waals surface area contributed by atoms with Crippen molar-refractivity contribution in [2.45, 2.75) is 51.4 Å². The van der Waals surface area contributed by atoms with Gasteiger partial charge in [0.05, 0.1) is 113 Å². The third kappa shape index (κ3) is 15.3. The van der Waals surface area contributed by atoms with Crippen LogP contribution in [0.25, 0.3) is 0 Å². The molecule has 0 saturated heterocycles. The van der Waals surface area contributed by atoms with Gasteiger partial charge >= 0.3 is 0 Å². The number of rotatable bonds is 4. The number of aliphatic hydroxyl groups is 1. The zero-order valence-electron chi connectivity index (χ0n) is 42.9. The molecule has 0 saturated carbocycles. The Kier molecular flexibility index (Phi) is 24.8. The molecule has 10 bridgehead atoms. The van der Waals surface area contributed by atoms with Gasteiger partial charge in [0.1, 0.15) is 72.4 Å². The number of hydrogen-bond acceptors (Lipinski definition) is 15. The summed E-state index contributed by atoms with van der Waals surface area (Å²) in [5.41, 5.74) is 7.57. The van der Waals surface area contributed by atoms with Gasteiger partial charge in [-0.05, 0) is 24.3 Å². The lowest BCUT2D eigenvalue weighted by Crippen LogP contribution is -2.17. The summed E-state index contributed by atoms with van der Waals surface area (Å²) in [6.07, 6.45) is 0. The summed E-state index contributed by atoms with van der Waals surface area (Å²) in [6, 6.07) is 16.8. The molecule has 4 aliphatic rings. The number of alkyl halides is 2. The van der Waals surface area contributed by atoms with E-state index in [-0.39, 0.29) is 29.0 Å². The second-order valence-electron chi connectivity index (χ2n) is 16.6. The Bertz CT molecular complexity index is 2050. The van der Waals surface area contributed by atoms with Crippen LogP contribution in [0.4, 0.5) is 0 Å². The van der Waals surface area contributed by atoms with E-state index in [0.29, 0.717) is 152 Å². The lowest BCUT2D eigenvalue weighted by Gasteiger charge is -2.29. The molecule has 394 valence electrons. The Morgan fingerprint density at radius 2 is 0.507 bits per heavy atom. The number of halogens is 2. The van der Waals surface area contributed by atoms with Gasteiger partial charge in [-0.15, -0.1) is 23.2 Å². The minimum atomic E-state index is -0.247. The standard InChI is InChI=1S/C52H68O14.CH2Cl2.CH4O/c1-33-37-25-43-36(4)40-28-42-34(2)38-26-44(52(30-46(38)54-6)66-24-20-62-16-12-58-10-14-60-18-22-64-50(42)32-48(40)56-8)35(3)39-27-41(33)49(31-47(39)55-7)63-21-17-59-13-9-57-11-15-61-19-23-65-51(43)29-45(37)53-5;2-1-3;1-2/h25-36H,9-24H2,1-8H3;1H2;2H,1H3/t33-,34-,35-,36-;;/m1../s1. The lowest BCUT2D eigenvalue weighted by atomic mass is 9.80. The van der Waals surface area contributed by atoms with Crippen molar-refractivity contribution < 1.29 is 71.4 Å². The molecule has 17 heteroatoms.